The van der Waals surface area contributed by atoms with Crippen LogP contribution in [0.3, 0.4) is 0 Å². The van der Waals surface area contributed by atoms with Crippen molar-refractivity contribution in [3.8, 4) is 0 Å². The van der Waals surface area contributed by atoms with Crippen molar-refractivity contribution in [2.24, 2.45) is 0 Å². The summed E-state index contributed by atoms with van der Waals surface area (Å²) in [6.45, 7) is 1.40. The summed E-state index contributed by atoms with van der Waals surface area (Å²) in [6, 6.07) is 16.1. The first-order valence-electron chi connectivity index (χ1n) is 9.19. The van der Waals surface area contributed by atoms with Gasteiger partial charge in [-0.3, -0.25) is 4.79 Å². The fraction of sp³-hybridized carbons (Fsp3) is 0.381. The summed E-state index contributed by atoms with van der Waals surface area (Å²) >= 11 is 0. The Balaban J connectivity index is 1.68. The number of hydrogen-bond acceptors (Lipinski definition) is 4. The van der Waals surface area contributed by atoms with Crippen LogP contribution in [-0.4, -0.2) is 44.2 Å². The molecule has 136 valence electrons. The molecule has 5 nitrogen and oxygen atoms in total. The Morgan fingerprint density at radius 3 is 2.62 bits per heavy atom. The van der Waals surface area contributed by atoms with Crippen LogP contribution in [0.15, 0.2) is 48.5 Å². The summed E-state index contributed by atoms with van der Waals surface area (Å²) in [6.07, 6.45) is 2.02. The fourth-order valence-electron chi connectivity index (χ4n) is 3.71. The van der Waals surface area contributed by atoms with E-state index in [2.05, 4.69) is 34.5 Å². The quantitative estimate of drug-likeness (QED) is 0.916. The van der Waals surface area contributed by atoms with Crippen molar-refractivity contribution >= 4 is 17.3 Å². The van der Waals surface area contributed by atoms with E-state index in [0.717, 1.165) is 42.0 Å². The molecule has 1 fully saturated rings. The van der Waals surface area contributed by atoms with Crippen molar-refractivity contribution in [2.75, 3.05) is 37.5 Å². The average molecular weight is 351 g/mol. The highest BCUT2D eigenvalue weighted by Gasteiger charge is 2.35. The maximum atomic E-state index is 13.2. The monoisotopic (exact) mass is 351 g/mol. The number of amides is 1. The molecule has 4 rings (SSSR count). The highest BCUT2D eigenvalue weighted by atomic mass is 16.5. The third-order valence-corrected chi connectivity index (χ3v) is 5.17. The van der Waals surface area contributed by atoms with Crippen LogP contribution in [0.2, 0.25) is 0 Å². The molecule has 26 heavy (non-hydrogen) atoms. The van der Waals surface area contributed by atoms with Crippen molar-refractivity contribution in [1.82, 2.24) is 4.90 Å². The Hall–Kier alpha value is -2.53. The zero-order chi connectivity index (χ0) is 18.1. The standard InChI is InChI=1S/C21H25N3O2/c1-23(2)16-11-9-15(10-12-16)20-22-19-8-4-3-7-18(19)21(25)24(20)14-17-6-5-13-26-17/h3-4,7-12,17,20,22H,5-6,13-14H2,1-2H3/t17-,20-/m1/s1. The number of para-hydroxylation sites is 1. The molecule has 5 heteroatoms. The Morgan fingerprint density at radius 2 is 1.92 bits per heavy atom. The second kappa shape index (κ2) is 7.00. The molecular weight excluding hydrogens is 326 g/mol. The number of nitrogens with one attached hydrogen (secondary N) is 1. The summed E-state index contributed by atoms with van der Waals surface area (Å²) in [5.74, 6) is 0.0662. The molecule has 2 atom stereocenters. The van der Waals surface area contributed by atoms with Crippen molar-refractivity contribution in [3.63, 3.8) is 0 Å². The topological polar surface area (TPSA) is 44.8 Å². The van der Waals surface area contributed by atoms with E-state index < -0.39 is 0 Å². The predicted molar refractivity (Wildman–Crippen MR) is 104 cm³/mol. The number of rotatable bonds is 4. The predicted octanol–water partition coefficient (Wildman–Crippen LogP) is 3.50. The van der Waals surface area contributed by atoms with Crippen LogP contribution in [0, 0.1) is 0 Å². The molecule has 1 saturated heterocycles. The number of benzene rings is 2. The smallest absolute Gasteiger partial charge is 0.257 e. The number of carbonyl (C=O) groups is 1. The van der Waals surface area contributed by atoms with Crippen LogP contribution in [-0.2, 0) is 4.74 Å². The van der Waals surface area contributed by atoms with Gasteiger partial charge in [-0.2, -0.15) is 0 Å². The van der Waals surface area contributed by atoms with E-state index >= 15 is 0 Å². The van der Waals surface area contributed by atoms with Gasteiger partial charge in [-0.05, 0) is 42.7 Å². The summed E-state index contributed by atoms with van der Waals surface area (Å²) in [7, 11) is 4.05. The number of ether oxygens (including phenoxy) is 1. The van der Waals surface area contributed by atoms with Gasteiger partial charge in [-0.25, -0.2) is 0 Å². The lowest BCUT2D eigenvalue weighted by atomic mass is 10.0. The third-order valence-electron chi connectivity index (χ3n) is 5.17. The van der Waals surface area contributed by atoms with Gasteiger partial charge in [0.15, 0.2) is 0 Å². The van der Waals surface area contributed by atoms with Gasteiger partial charge in [0, 0.05) is 38.6 Å². The van der Waals surface area contributed by atoms with Gasteiger partial charge in [-0.1, -0.05) is 24.3 Å². The molecule has 2 aliphatic heterocycles. The van der Waals surface area contributed by atoms with E-state index in [-0.39, 0.29) is 18.2 Å². The van der Waals surface area contributed by atoms with Gasteiger partial charge < -0.3 is 19.9 Å². The number of hydrogen-bond donors (Lipinski definition) is 1. The maximum Gasteiger partial charge on any atom is 0.257 e. The Morgan fingerprint density at radius 1 is 1.15 bits per heavy atom. The second-order valence-corrected chi connectivity index (χ2v) is 7.17. The van der Waals surface area contributed by atoms with Gasteiger partial charge in [0.25, 0.3) is 5.91 Å². The fourth-order valence-corrected chi connectivity index (χ4v) is 3.71. The maximum absolute atomic E-state index is 13.2. The highest BCUT2D eigenvalue weighted by Crippen LogP contribution is 2.34. The molecule has 0 unspecified atom stereocenters. The normalized spacial score (nSPS) is 22.1. The first-order chi connectivity index (χ1) is 12.6. The van der Waals surface area contributed by atoms with Gasteiger partial charge in [-0.15, -0.1) is 0 Å². The Bertz CT molecular complexity index is 782. The van der Waals surface area contributed by atoms with Crippen LogP contribution < -0.4 is 10.2 Å². The highest BCUT2D eigenvalue weighted by molar-refractivity contribution is 6.01. The van der Waals surface area contributed by atoms with Crippen LogP contribution in [0.5, 0.6) is 0 Å². The van der Waals surface area contributed by atoms with E-state index in [1.807, 2.05) is 43.3 Å². The van der Waals surface area contributed by atoms with Crippen molar-refractivity contribution in [2.45, 2.75) is 25.1 Å². The lowest BCUT2D eigenvalue weighted by molar-refractivity contribution is 0.0427. The van der Waals surface area contributed by atoms with E-state index in [1.165, 1.54) is 0 Å². The third kappa shape index (κ3) is 3.15. The molecule has 1 amide bonds. The van der Waals surface area contributed by atoms with Gasteiger partial charge in [0.2, 0.25) is 0 Å². The molecule has 0 aromatic heterocycles. The Labute approximate surface area is 154 Å². The minimum Gasteiger partial charge on any atom is -0.378 e. The summed E-state index contributed by atoms with van der Waals surface area (Å²) in [5, 5.41) is 3.55. The molecule has 0 spiro atoms. The van der Waals surface area contributed by atoms with Crippen molar-refractivity contribution in [3.05, 3.63) is 59.7 Å². The number of nitrogens with zero attached hydrogens (tertiary/aromatic N) is 2. The summed E-state index contributed by atoms with van der Waals surface area (Å²) < 4.78 is 5.80. The number of anilines is 2. The lowest BCUT2D eigenvalue weighted by Gasteiger charge is -2.39. The average Bonchev–Trinajstić information content (AvgIpc) is 3.17. The zero-order valence-electron chi connectivity index (χ0n) is 15.3. The molecule has 0 aliphatic carbocycles. The van der Waals surface area contributed by atoms with E-state index in [4.69, 9.17) is 4.74 Å². The minimum absolute atomic E-state index is 0.0662. The lowest BCUT2D eigenvalue weighted by Crippen LogP contribution is -2.46. The van der Waals surface area contributed by atoms with Crippen LogP contribution >= 0.6 is 0 Å². The first kappa shape index (κ1) is 16.9. The molecule has 0 radical (unpaired) electrons. The van der Waals surface area contributed by atoms with Gasteiger partial charge in [0.05, 0.1) is 11.7 Å². The van der Waals surface area contributed by atoms with Gasteiger partial charge >= 0.3 is 0 Å². The molecule has 2 aromatic rings. The Kier molecular flexibility index (Phi) is 4.55. The van der Waals surface area contributed by atoms with E-state index in [1.54, 1.807) is 0 Å². The first-order valence-corrected chi connectivity index (χ1v) is 9.19. The number of carbonyl (C=O) groups excluding carboxylic acids is 1. The van der Waals surface area contributed by atoms with Crippen LogP contribution in [0.1, 0.15) is 34.9 Å². The zero-order valence-corrected chi connectivity index (χ0v) is 15.3. The second-order valence-electron chi connectivity index (χ2n) is 7.17. The molecule has 2 aromatic carbocycles. The summed E-state index contributed by atoms with van der Waals surface area (Å²) in [4.78, 5) is 17.2. The minimum atomic E-state index is -0.183. The van der Waals surface area contributed by atoms with E-state index in [0.29, 0.717) is 6.54 Å². The molecule has 2 heterocycles. The van der Waals surface area contributed by atoms with Crippen LogP contribution in [0.4, 0.5) is 11.4 Å². The number of fused-ring (bicyclic) bond motifs is 1. The van der Waals surface area contributed by atoms with E-state index in [9.17, 15) is 4.79 Å². The molecule has 1 N–H and O–H groups in total. The molecule has 0 bridgehead atoms. The molecular formula is C21H25N3O2. The summed E-state index contributed by atoms with van der Waals surface area (Å²) in [5.41, 5.74) is 3.84. The van der Waals surface area contributed by atoms with Crippen LogP contribution in [0.25, 0.3) is 0 Å². The van der Waals surface area contributed by atoms with Gasteiger partial charge in [0.1, 0.15) is 6.17 Å². The van der Waals surface area contributed by atoms with Crippen molar-refractivity contribution < 1.29 is 9.53 Å². The molecule has 0 saturated carbocycles. The SMILES string of the molecule is CN(C)c1ccc([C@@H]2Nc3ccccc3C(=O)N2C[C@H]2CCCO2)cc1. The molecule has 2 aliphatic rings. The van der Waals surface area contributed by atoms with Crippen molar-refractivity contribution in [1.29, 1.82) is 0 Å². The largest absolute Gasteiger partial charge is 0.378 e.